The maximum absolute atomic E-state index is 12.1. The number of urea groups is 1. The van der Waals surface area contributed by atoms with Crippen molar-refractivity contribution in [1.29, 1.82) is 0 Å². The highest BCUT2D eigenvalue weighted by molar-refractivity contribution is 5.78. The molecule has 0 spiro atoms. The average molecular weight is 336 g/mol. The van der Waals surface area contributed by atoms with Crippen molar-refractivity contribution in [3.8, 4) is 0 Å². The van der Waals surface area contributed by atoms with Gasteiger partial charge < -0.3 is 20.9 Å². The first-order chi connectivity index (χ1) is 11.6. The summed E-state index contributed by atoms with van der Waals surface area (Å²) in [7, 11) is 2.22. The molecule has 6 heteroatoms. The molecule has 3 aliphatic rings. The predicted molar refractivity (Wildman–Crippen MR) is 93.8 cm³/mol. The fourth-order valence-corrected chi connectivity index (χ4v) is 4.63. The van der Waals surface area contributed by atoms with Crippen molar-refractivity contribution in [2.24, 2.45) is 0 Å². The van der Waals surface area contributed by atoms with E-state index in [1.165, 1.54) is 32.1 Å². The fourth-order valence-electron chi connectivity index (χ4n) is 4.63. The Hall–Kier alpha value is -1.30. The topological polar surface area (TPSA) is 73.5 Å². The van der Waals surface area contributed by atoms with Gasteiger partial charge in [-0.1, -0.05) is 19.3 Å². The second kappa shape index (κ2) is 8.19. The summed E-state index contributed by atoms with van der Waals surface area (Å²) >= 11 is 0. The van der Waals surface area contributed by atoms with E-state index >= 15 is 0 Å². The van der Waals surface area contributed by atoms with Crippen molar-refractivity contribution < 1.29 is 9.59 Å². The van der Waals surface area contributed by atoms with E-state index in [-0.39, 0.29) is 18.0 Å². The van der Waals surface area contributed by atoms with Gasteiger partial charge in [0, 0.05) is 37.1 Å². The molecule has 1 aliphatic carbocycles. The molecule has 2 aliphatic heterocycles. The molecule has 3 fully saturated rings. The number of piperidine rings is 2. The van der Waals surface area contributed by atoms with E-state index in [1.807, 2.05) is 0 Å². The molecule has 3 rings (SSSR count). The Morgan fingerprint density at radius 3 is 2.25 bits per heavy atom. The molecule has 3 N–H and O–H groups in total. The number of carbonyl (C=O) groups excluding carboxylic acids is 2. The lowest BCUT2D eigenvalue weighted by Gasteiger charge is -2.47. The van der Waals surface area contributed by atoms with Crippen LogP contribution in [0.4, 0.5) is 4.79 Å². The zero-order valence-electron chi connectivity index (χ0n) is 14.9. The van der Waals surface area contributed by atoms with Gasteiger partial charge in [-0.3, -0.25) is 4.79 Å². The molecule has 0 radical (unpaired) electrons. The molecular weight excluding hydrogens is 304 g/mol. The standard InChI is InChI=1S/C18H32N4O2/c1-22-15-7-4-8-16(22)12-14(11-15)21-18(24)19-10-9-17(23)20-13-5-2-3-6-13/h13-16H,2-12H2,1H3,(H,20,23)(H2,19,21,24)/t15-,16-/m0/s1. The number of nitrogens with zero attached hydrogens (tertiary/aromatic N) is 1. The third-order valence-corrected chi connectivity index (χ3v) is 6.03. The monoisotopic (exact) mass is 336 g/mol. The van der Waals surface area contributed by atoms with Gasteiger partial charge >= 0.3 is 6.03 Å². The van der Waals surface area contributed by atoms with Crippen molar-refractivity contribution in [3.05, 3.63) is 0 Å². The van der Waals surface area contributed by atoms with Gasteiger partial charge in [0.1, 0.15) is 0 Å². The summed E-state index contributed by atoms with van der Waals surface area (Å²) in [5, 5.41) is 8.99. The summed E-state index contributed by atoms with van der Waals surface area (Å²) in [6.45, 7) is 0.407. The second-order valence-electron chi connectivity index (χ2n) is 7.77. The molecule has 1 saturated carbocycles. The van der Waals surface area contributed by atoms with Gasteiger partial charge in [0.2, 0.25) is 5.91 Å². The number of amides is 3. The molecule has 2 heterocycles. The van der Waals surface area contributed by atoms with E-state index in [2.05, 4.69) is 27.9 Å². The summed E-state index contributed by atoms with van der Waals surface area (Å²) in [5.41, 5.74) is 0. The van der Waals surface area contributed by atoms with Gasteiger partial charge in [-0.2, -0.15) is 0 Å². The number of carbonyl (C=O) groups is 2. The Morgan fingerprint density at radius 2 is 1.58 bits per heavy atom. The Balaban J connectivity index is 1.32. The van der Waals surface area contributed by atoms with Crippen molar-refractivity contribution in [2.45, 2.75) is 88.4 Å². The van der Waals surface area contributed by atoms with E-state index in [0.29, 0.717) is 31.1 Å². The number of hydrogen-bond acceptors (Lipinski definition) is 3. The maximum Gasteiger partial charge on any atom is 0.315 e. The average Bonchev–Trinajstić information content (AvgIpc) is 3.01. The highest BCUT2D eigenvalue weighted by Gasteiger charge is 2.36. The van der Waals surface area contributed by atoms with Gasteiger partial charge in [0.15, 0.2) is 0 Å². The summed E-state index contributed by atoms with van der Waals surface area (Å²) in [4.78, 5) is 26.4. The molecule has 0 aromatic heterocycles. The molecule has 2 saturated heterocycles. The van der Waals surface area contributed by atoms with Gasteiger partial charge in [0.05, 0.1) is 0 Å². The molecule has 0 unspecified atom stereocenters. The summed E-state index contributed by atoms with van der Waals surface area (Å²) < 4.78 is 0. The minimum absolute atomic E-state index is 0.0519. The number of fused-ring (bicyclic) bond motifs is 2. The molecule has 6 nitrogen and oxygen atoms in total. The van der Waals surface area contributed by atoms with Crippen LogP contribution >= 0.6 is 0 Å². The van der Waals surface area contributed by atoms with Crippen LogP contribution in [0.2, 0.25) is 0 Å². The van der Waals surface area contributed by atoms with Crippen LogP contribution in [0.15, 0.2) is 0 Å². The number of nitrogens with one attached hydrogen (secondary N) is 3. The molecule has 24 heavy (non-hydrogen) atoms. The van der Waals surface area contributed by atoms with Crippen LogP contribution in [0.25, 0.3) is 0 Å². The van der Waals surface area contributed by atoms with Gasteiger partial charge in [-0.05, 0) is 45.6 Å². The van der Waals surface area contributed by atoms with Crippen LogP contribution in [0, 0.1) is 0 Å². The zero-order valence-corrected chi connectivity index (χ0v) is 14.9. The van der Waals surface area contributed by atoms with Crippen LogP contribution in [-0.2, 0) is 4.79 Å². The van der Waals surface area contributed by atoms with Crippen molar-refractivity contribution in [1.82, 2.24) is 20.9 Å². The first-order valence-corrected chi connectivity index (χ1v) is 9.67. The third-order valence-electron chi connectivity index (χ3n) is 6.03. The van der Waals surface area contributed by atoms with Crippen LogP contribution in [-0.4, -0.2) is 54.6 Å². The van der Waals surface area contributed by atoms with E-state index < -0.39 is 0 Å². The molecule has 2 bridgehead atoms. The SMILES string of the molecule is CN1[C@H]2CCC[C@H]1CC(NC(=O)NCCC(=O)NC1CCCC1)C2. The van der Waals surface area contributed by atoms with Crippen molar-refractivity contribution in [3.63, 3.8) is 0 Å². The Labute approximate surface area is 145 Å². The lowest BCUT2D eigenvalue weighted by atomic mass is 9.82. The quantitative estimate of drug-likeness (QED) is 0.716. The number of rotatable bonds is 5. The van der Waals surface area contributed by atoms with Crippen molar-refractivity contribution in [2.75, 3.05) is 13.6 Å². The lowest BCUT2D eigenvalue weighted by Crippen LogP contribution is -2.56. The van der Waals surface area contributed by atoms with Gasteiger partial charge in [-0.25, -0.2) is 4.79 Å². The molecular formula is C18H32N4O2. The van der Waals surface area contributed by atoms with Gasteiger partial charge in [0.25, 0.3) is 0 Å². The van der Waals surface area contributed by atoms with Crippen LogP contribution in [0.5, 0.6) is 0 Å². The second-order valence-corrected chi connectivity index (χ2v) is 7.77. The summed E-state index contributed by atoms with van der Waals surface area (Å²) in [6.07, 6.45) is 10.9. The first-order valence-electron chi connectivity index (χ1n) is 9.67. The zero-order chi connectivity index (χ0) is 16.9. The summed E-state index contributed by atoms with van der Waals surface area (Å²) in [6, 6.07) is 1.71. The Morgan fingerprint density at radius 1 is 0.917 bits per heavy atom. The van der Waals surface area contributed by atoms with Gasteiger partial charge in [-0.15, -0.1) is 0 Å². The molecule has 2 atom stereocenters. The van der Waals surface area contributed by atoms with Crippen LogP contribution in [0.1, 0.15) is 64.2 Å². The predicted octanol–water partition coefficient (Wildman–Crippen LogP) is 1.75. The normalized spacial score (nSPS) is 30.8. The molecule has 0 aromatic carbocycles. The Bertz CT molecular complexity index is 436. The largest absolute Gasteiger partial charge is 0.353 e. The molecule has 0 aromatic rings. The molecule has 136 valence electrons. The third kappa shape index (κ3) is 4.62. The minimum Gasteiger partial charge on any atom is -0.353 e. The van der Waals surface area contributed by atoms with Crippen LogP contribution < -0.4 is 16.0 Å². The van der Waals surface area contributed by atoms with E-state index in [0.717, 1.165) is 25.7 Å². The lowest BCUT2D eigenvalue weighted by molar-refractivity contribution is -0.121. The highest BCUT2D eigenvalue weighted by atomic mass is 16.2. The Kier molecular flexibility index (Phi) is 5.98. The number of hydrogen-bond donors (Lipinski definition) is 3. The smallest absolute Gasteiger partial charge is 0.315 e. The van der Waals surface area contributed by atoms with Crippen LogP contribution in [0.3, 0.4) is 0 Å². The fraction of sp³-hybridized carbons (Fsp3) is 0.889. The highest BCUT2D eigenvalue weighted by Crippen LogP contribution is 2.32. The minimum atomic E-state index is -0.128. The van der Waals surface area contributed by atoms with E-state index in [1.54, 1.807) is 0 Å². The first kappa shape index (κ1) is 17.5. The maximum atomic E-state index is 12.1. The summed E-state index contributed by atoms with van der Waals surface area (Å²) in [5.74, 6) is 0.0519. The van der Waals surface area contributed by atoms with E-state index in [9.17, 15) is 9.59 Å². The van der Waals surface area contributed by atoms with Crippen molar-refractivity contribution >= 4 is 11.9 Å². The van der Waals surface area contributed by atoms with E-state index in [4.69, 9.17) is 0 Å². The molecule has 3 amide bonds.